The molecule has 0 saturated heterocycles. The van der Waals surface area contributed by atoms with Crippen molar-refractivity contribution in [1.82, 2.24) is 0 Å². The van der Waals surface area contributed by atoms with Crippen LogP contribution in [-0.4, -0.2) is 25.4 Å². The van der Waals surface area contributed by atoms with Crippen molar-refractivity contribution < 1.29 is 14.3 Å². The number of methoxy groups -OCH3 is 1. The number of ketones is 1. The SMILES string of the molecule is COC(=O)CCCNc1cccc(C(C)=O)c1. The summed E-state index contributed by atoms with van der Waals surface area (Å²) in [6, 6.07) is 7.31. The van der Waals surface area contributed by atoms with Crippen LogP contribution in [0.25, 0.3) is 0 Å². The van der Waals surface area contributed by atoms with Crippen LogP contribution in [-0.2, 0) is 9.53 Å². The summed E-state index contributed by atoms with van der Waals surface area (Å²) in [6.45, 7) is 2.22. The van der Waals surface area contributed by atoms with Crippen LogP contribution in [0.2, 0.25) is 0 Å². The van der Waals surface area contributed by atoms with Crippen LogP contribution in [0.1, 0.15) is 30.1 Å². The van der Waals surface area contributed by atoms with E-state index in [9.17, 15) is 9.59 Å². The van der Waals surface area contributed by atoms with Crippen LogP contribution in [0, 0.1) is 0 Å². The molecule has 0 saturated carbocycles. The molecule has 1 aromatic rings. The molecule has 4 nitrogen and oxygen atoms in total. The second-order valence-electron chi connectivity index (χ2n) is 3.74. The van der Waals surface area contributed by atoms with E-state index >= 15 is 0 Å². The number of esters is 1. The Bertz CT molecular complexity index is 401. The molecule has 4 heteroatoms. The number of hydrogen-bond donors (Lipinski definition) is 1. The number of ether oxygens (including phenoxy) is 1. The van der Waals surface area contributed by atoms with Gasteiger partial charge in [0.2, 0.25) is 0 Å². The van der Waals surface area contributed by atoms with Gasteiger partial charge in [-0.15, -0.1) is 0 Å². The predicted octanol–water partition coefficient (Wildman–Crippen LogP) is 2.25. The molecule has 0 aliphatic carbocycles. The molecule has 0 bridgehead atoms. The zero-order chi connectivity index (χ0) is 12.7. The summed E-state index contributed by atoms with van der Waals surface area (Å²) in [4.78, 5) is 22.0. The minimum absolute atomic E-state index is 0.0446. The van der Waals surface area contributed by atoms with Gasteiger partial charge in [0.15, 0.2) is 5.78 Å². The van der Waals surface area contributed by atoms with Gasteiger partial charge in [0, 0.05) is 24.2 Å². The number of nitrogens with one attached hydrogen (secondary N) is 1. The number of Topliss-reactive ketones (excluding diaryl/α,β-unsaturated/α-hetero) is 1. The van der Waals surface area contributed by atoms with Gasteiger partial charge < -0.3 is 10.1 Å². The highest BCUT2D eigenvalue weighted by Crippen LogP contribution is 2.11. The average Bonchev–Trinajstić information content (AvgIpc) is 2.34. The number of carbonyl (C=O) groups excluding carboxylic acids is 2. The Hall–Kier alpha value is -1.84. The molecular formula is C13H17NO3. The van der Waals surface area contributed by atoms with Crippen molar-refractivity contribution in [2.45, 2.75) is 19.8 Å². The first-order valence-electron chi connectivity index (χ1n) is 5.55. The predicted molar refractivity (Wildman–Crippen MR) is 66.2 cm³/mol. The van der Waals surface area contributed by atoms with Crippen LogP contribution in [0.5, 0.6) is 0 Å². The quantitative estimate of drug-likeness (QED) is 0.467. The molecule has 0 heterocycles. The zero-order valence-corrected chi connectivity index (χ0v) is 10.2. The average molecular weight is 235 g/mol. The van der Waals surface area contributed by atoms with Gasteiger partial charge in [-0.1, -0.05) is 12.1 Å². The van der Waals surface area contributed by atoms with Crippen LogP contribution in [0.4, 0.5) is 5.69 Å². The Kier molecular flexibility index (Phi) is 5.20. The summed E-state index contributed by atoms with van der Waals surface area (Å²) >= 11 is 0. The van der Waals surface area contributed by atoms with E-state index in [0.29, 0.717) is 24.9 Å². The van der Waals surface area contributed by atoms with Crippen molar-refractivity contribution in [2.75, 3.05) is 19.0 Å². The lowest BCUT2D eigenvalue weighted by molar-refractivity contribution is -0.140. The number of rotatable bonds is 6. The topological polar surface area (TPSA) is 55.4 Å². The fourth-order valence-electron chi connectivity index (χ4n) is 1.42. The van der Waals surface area contributed by atoms with Crippen LogP contribution in [0.3, 0.4) is 0 Å². The monoisotopic (exact) mass is 235 g/mol. The molecule has 17 heavy (non-hydrogen) atoms. The summed E-state index contributed by atoms with van der Waals surface area (Å²) in [6.07, 6.45) is 1.10. The highest BCUT2D eigenvalue weighted by molar-refractivity contribution is 5.94. The minimum Gasteiger partial charge on any atom is -0.469 e. The van der Waals surface area contributed by atoms with Crippen LogP contribution >= 0.6 is 0 Å². The van der Waals surface area contributed by atoms with E-state index < -0.39 is 0 Å². The second-order valence-corrected chi connectivity index (χ2v) is 3.74. The molecule has 0 aliphatic heterocycles. The summed E-state index contributed by atoms with van der Waals surface area (Å²) in [5, 5.41) is 3.16. The Balaban J connectivity index is 2.39. The van der Waals surface area contributed by atoms with E-state index in [1.807, 2.05) is 12.1 Å². The fraction of sp³-hybridized carbons (Fsp3) is 0.385. The molecule has 0 unspecified atom stereocenters. The summed E-state index contributed by atoms with van der Waals surface area (Å²) in [5.74, 6) is -0.160. The van der Waals surface area contributed by atoms with Crippen molar-refractivity contribution in [2.24, 2.45) is 0 Å². The number of hydrogen-bond acceptors (Lipinski definition) is 4. The molecule has 0 aromatic heterocycles. The summed E-state index contributed by atoms with van der Waals surface area (Å²) in [7, 11) is 1.38. The van der Waals surface area contributed by atoms with E-state index in [1.54, 1.807) is 12.1 Å². The van der Waals surface area contributed by atoms with Crippen molar-refractivity contribution in [3.63, 3.8) is 0 Å². The largest absolute Gasteiger partial charge is 0.469 e. The molecule has 0 atom stereocenters. The Morgan fingerprint density at radius 2 is 2.12 bits per heavy atom. The van der Waals surface area contributed by atoms with Gasteiger partial charge in [-0.2, -0.15) is 0 Å². The maximum atomic E-state index is 11.2. The van der Waals surface area contributed by atoms with E-state index in [2.05, 4.69) is 10.1 Å². The van der Waals surface area contributed by atoms with Crippen LogP contribution in [0.15, 0.2) is 24.3 Å². The number of carbonyl (C=O) groups is 2. The lowest BCUT2D eigenvalue weighted by Crippen LogP contribution is -2.07. The van der Waals surface area contributed by atoms with Gasteiger partial charge in [0.05, 0.1) is 7.11 Å². The third-order valence-corrected chi connectivity index (χ3v) is 2.38. The fourth-order valence-corrected chi connectivity index (χ4v) is 1.42. The van der Waals surface area contributed by atoms with Gasteiger partial charge in [-0.25, -0.2) is 0 Å². The molecule has 1 aromatic carbocycles. The minimum atomic E-state index is -0.204. The summed E-state index contributed by atoms with van der Waals surface area (Å²) in [5.41, 5.74) is 1.57. The Morgan fingerprint density at radius 3 is 2.76 bits per heavy atom. The van der Waals surface area contributed by atoms with Crippen molar-refractivity contribution >= 4 is 17.4 Å². The van der Waals surface area contributed by atoms with Crippen molar-refractivity contribution in [3.05, 3.63) is 29.8 Å². The molecule has 1 N–H and O–H groups in total. The number of anilines is 1. The molecule has 0 fully saturated rings. The first-order chi connectivity index (χ1) is 8.13. The van der Waals surface area contributed by atoms with Gasteiger partial charge >= 0.3 is 5.97 Å². The molecule has 92 valence electrons. The van der Waals surface area contributed by atoms with Gasteiger partial charge in [0.25, 0.3) is 0 Å². The zero-order valence-electron chi connectivity index (χ0n) is 10.2. The highest BCUT2D eigenvalue weighted by atomic mass is 16.5. The van der Waals surface area contributed by atoms with Gasteiger partial charge in [-0.3, -0.25) is 9.59 Å². The third-order valence-electron chi connectivity index (χ3n) is 2.38. The molecule has 1 rings (SSSR count). The lowest BCUT2D eigenvalue weighted by Gasteiger charge is -2.06. The van der Waals surface area contributed by atoms with E-state index in [-0.39, 0.29) is 11.8 Å². The first-order valence-corrected chi connectivity index (χ1v) is 5.55. The Morgan fingerprint density at radius 1 is 1.35 bits per heavy atom. The standard InChI is InChI=1S/C13H17NO3/c1-10(15)11-5-3-6-12(9-11)14-8-4-7-13(16)17-2/h3,5-6,9,14H,4,7-8H2,1-2H3. The highest BCUT2D eigenvalue weighted by Gasteiger charge is 2.01. The van der Waals surface area contributed by atoms with E-state index in [1.165, 1.54) is 14.0 Å². The van der Waals surface area contributed by atoms with E-state index in [0.717, 1.165) is 5.69 Å². The van der Waals surface area contributed by atoms with Crippen LogP contribution < -0.4 is 5.32 Å². The summed E-state index contributed by atoms with van der Waals surface area (Å²) < 4.78 is 4.54. The molecule has 0 amide bonds. The number of benzene rings is 1. The maximum Gasteiger partial charge on any atom is 0.305 e. The molecule has 0 aliphatic rings. The molecule has 0 radical (unpaired) electrons. The third kappa shape index (κ3) is 4.68. The Labute approximate surface area is 101 Å². The molecular weight excluding hydrogens is 218 g/mol. The van der Waals surface area contributed by atoms with Gasteiger partial charge in [-0.05, 0) is 25.5 Å². The van der Waals surface area contributed by atoms with Crippen molar-refractivity contribution in [1.29, 1.82) is 0 Å². The van der Waals surface area contributed by atoms with Gasteiger partial charge in [0.1, 0.15) is 0 Å². The lowest BCUT2D eigenvalue weighted by atomic mass is 10.1. The van der Waals surface area contributed by atoms with E-state index in [4.69, 9.17) is 0 Å². The normalized spacial score (nSPS) is 9.76. The first kappa shape index (κ1) is 13.2. The van der Waals surface area contributed by atoms with Crippen molar-refractivity contribution in [3.8, 4) is 0 Å². The smallest absolute Gasteiger partial charge is 0.305 e. The molecule has 0 spiro atoms. The second kappa shape index (κ2) is 6.68. The maximum absolute atomic E-state index is 11.2.